The highest BCUT2D eigenvalue weighted by atomic mass is 16.6. The summed E-state index contributed by atoms with van der Waals surface area (Å²) in [6.07, 6.45) is -5.73. The van der Waals surface area contributed by atoms with Crippen LogP contribution in [0.3, 0.4) is 0 Å². The average molecular weight is 671 g/mol. The quantitative estimate of drug-likeness (QED) is 0.154. The fourth-order valence-electron chi connectivity index (χ4n) is 5.46. The van der Waals surface area contributed by atoms with Gasteiger partial charge in [-0.05, 0) is 60.5 Å². The molecule has 0 spiro atoms. The number of benzene rings is 3. The van der Waals surface area contributed by atoms with Crippen LogP contribution < -0.4 is 14.9 Å². The van der Waals surface area contributed by atoms with E-state index in [1.807, 2.05) is 30.3 Å². The lowest BCUT2D eigenvalue weighted by Crippen LogP contribution is -2.50. The third kappa shape index (κ3) is 8.15. The summed E-state index contributed by atoms with van der Waals surface area (Å²) in [7, 11) is 2.93. The molecule has 0 aliphatic heterocycles. The minimum Gasteiger partial charge on any atom is -0.497 e. The molecule has 12 nitrogen and oxygen atoms in total. The number of carbonyl (C=O) groups is 4. The van der Waals surface area contributed by atoms with Crippen molar-refractivity contribution < 1.29 is 52.0 Å². The Hall–Kier alpha value is -5.91. The van der Waals surface area contributed by atoms with Crippen molar-refractivity contribution in [3.8, 4) is 11.5 Å². The van der Waals surface area contributed by atoms with Gasteiger partial charge in [0, 0.05) is 26.3 Å². The zero-order valence-corrected chi connectivity index (χ0v) is 27.2. The van der Waals surface area contributed by atoms with Gasteiger partial charge >= 0.3 is 23.9 Å². The molecule has 0 radical (unpaired) electrons. The Kier molecular flexibility index (Phi) is 10.8. The SMILES string of the molecule is COc1ccc(C(=O)O[C@H]2[C@H](OC(=O)c3ccc(OC)cc3)[C@@H](OC(C)=O)c3c(oc(CCc4ccccc4)cc3=O)[C@@H]2OC(C)=O)cc1. The molecule has 0 unspecified atom stereocenters. The van der Waals surface area contributed by atoms with Gasteiger partial charge in [0.25, 0.3) is 0 Å². The molecule has 0 amide bonds. The topological polar surface area (TPSA) is 154 Å². The number of carbonyl (C=O) groups excluding carboxylic acids is 4. The summed E-state index contributed by atoms with van der Waals surface area (Å²) < 4.78 is 39.6. The first-order chi connectivity index (χ1) is 23.6. The van der Waals surface area contributed by atoms with Gasteiger partial charge in [0.1, 0.15) is 17.3 Å². The van der Waals surface area contributed by atoms with E-state index in [-0.39, 0.29) is 34.6 Å². The Bertz CT molecular complexity index is 1860. The normalized spacial score (nSPS) is 18.0. The number of ether oxygens (including phenoxy) is 6. The highest BCUT2D eigenvalue weighted by Gasteiger charge is 2.54. The van der Waals surface area contributed by atoms with Crippen molar-refractivity contribution in [1.29, 1.82) is 0 Å². The summed E-state index contributed by atoms with van der Waals surface area (Å²) >= 11 is 0. The largest absolute Gasteiger partial charge is 0.497 e. The summed E-state index contributed by atoms with van der Waals surface area (Å²) in [6, 6.07) is 22.7. The third-order valence-corrected chi connectivity index (χ3v) is 7.75. The fraction of sp³-hybridized carbons (Fsp3) is 0.270. The molecule has 12 heteroatoms. The maximum absolute atomic E-state index is 13.8. The van der Waals surface area contributed by atoms with Crippen LogP contribution in [0.1, 0.15) is 69.4 Å². The van der Waals surface area contributed by atoms with E-state index in [0.29, 0.717) is 17.9 Å². The minimum absolute atomic E-state index is 0.0701. The van der Waals surface area contributed by atoms with Gasteiger partial charge in [-0.2, -0.15) is 0 Å². The lowest BCUT2D eigenvalue weighted by atomic mass is 9.86. The Morgan fingerprint density at radius 1 is 0.633 bits per heavy atom. The van der Waals surface area contributed by atoms with Crippen molar-refractivity contribution in [3.63, 3.8) is 0 Å². The van der Waals surface area contributed by atoms with Gasteiger partial charge in [-0.1, -0.05) is 30.3 Å². The number of rotatable bonds is 11. The van der Waals surface area contributed by atoms with Crippen LogP contribution in [0.5, 0.6) is 11.5 Å². The van der Waals surface area contributed by atoms with E-state index in [2.05, 4.69) is 0 Å². The Morgan fingerprint density at radius 2 is 1.12 bits per heavy atom. The van der Waals surface area contributed by atoms with Crippen molar-refractivity contribution in [2.75, 3.05) is 14.2 Å². The van der Waals surface area contributed by atoms with Crippen LogP contribution in [0.2, 0.25) is 0 Å². The molecule has 4 atom stereocenters. The molecule has 5 rings (SSSR count). The first-order valence-corrected chi connectivity index (χ1v) is 15.3. The second kappa shape index (κ2) is 15.3. The van der Waals surface area contributed by atoms with E-state index >= 15 is 0 Å². The molecule has 0 saturated carbocycles. The third-order valence-electron chi connectivity index (χ3n) is 7.75. The van der Waals surface area contributed by atoms with Crippen LogP contribution in [0, 0.1) is 0 Å². The van der Waals surface area contributed by atoms with E-state index < -0.39 is 53.7 Å². The van der Waals surface area contributed by atoms with Gasteiger partial charge in [0.2, 0.25) is 6.10 Å². The van der Waals surface area contributed by atoms with Crippen molar-refractivity contribution in [3.05, 3.63) is 129 Å². The van der Waals surface area contributed by atoms with Gasteiger partial charge in [-0.25, -0.2) is 9.59 Å². The average Bonchev–Trinajstić information content (AvgIpc) is 3.10. The Morgan fingerprint density at radius 3 is 1.61 bits per heavy atom. The predicted octanol–water partition coefficient (Wildman–Crippen LogP) is 5.12. The molecule has 49 heavy (non-hydrogen) atoms. The van der Waals surface area contributed by atoms with Crippen molar-refractivity contribution in [1.82, 2.24) is 0 Å². The molecule has 254 valence electrons. The molecule has 1 aliphatic carbocycles. The van der Waals surface area contributed by atoms with Crippen LogP contribution in [-0.2, 0) is 41.4 Å². The zero-order chi connectivity index (χ0) is 35.1. The standard InChI is InChI=1S/C37H34O12/c1-21(38)45-31-30-29(40)20-28(15-10-23-8-6-5-7-9-23)47-32(30)33(46-22(2)39)35(49-37(42)25-13-18-27(44-4)19-14-25)34(31)48-36(41)24-11-16-26(43-3)17-12-24/h5-9,11-14,16-20,31,33-35H,10,15H2,1-4H3/t31-,33-,34+,35+/m0/s1. The molecular formula is C37H34O12. The molecular weight excluding hydrogens is 636 g/mol. The van der Waals surface area contributed by atoms with E-state index in [1.54, 1.807) is 0 Å². The van der Waals surface area contributed by atoms with Gasteiger partial charge in [-0.15, -0.1) is 0 Å². The number of aryl methyl sites for hydroxylation is 2. The summed E-state index contributed by atoms with van der Waals surface area (Å²) in [6.45, 7) is 2.23. The number of hydrogen-bond acceptors (Lipinski definition) is 12. The smallest absolute Gasteiger partial charge is 0.338 e. The molecule has 0 N–H and O–H groups in total. The number of esters is 4. The van der Waals surface area contributed by atoms with Crippen molar-refractivity contribution in [2.45, 2.75) is 51.1 Å². The van der Waals surface area contributed by atoms with Gasteiger partial charge < -0.3 is 32.8 Å². The highest BCUT2D eigenvalue weighted by molar-refractivity contribution is 5.91. The highest BCUT2D eigenvalue weighted by Crippen LogP contribution is 2.43. The number of hydrogen-bond donors (Lipinski definition) is 0. The Balaban J connectivity index is 1.62. The second-order valence-corrected chi connectivity index (χ2v) is 11.1. The van der Waals surface area contributed by atoms with E-state index in [0.717, 1.165) is 19.4 Å². The fourth-order valence-corrected chi connectivity index (χ4v) is 5.46. The van der Waals surface area contributed by atoms with Crippen molar-refractivity contribution in [2.24, 2.45) is 0 Å². The lowest BCUT2D eigenvalue weighted by Gasteiger charge is -2.40. The predicted molar refractivity (Wildman–Crippen MR) is 172 cm³/mol. The molecule has 1 aliphatic rings. The first-order valence-electron chi connectivity index (χ1n) is 15.3. The first kappa shape index (κ1) is 34.4. The van der Waals surface area contributed by atoms with E-state index in [1.165, 1.54) is 68.8 Å². The molecule has 1 heterocycles. The summed E-state index contributed by atoms with van der Waals surface area (Å²) in [5, 5.41) is 0. The van der Waals surface area contributed by atoms with Gasteiger partial charge in [0.15, 0.2) is 29.5 Å². The summed E-state index contributed by atoms with van der Waals surface area (Å²) in [5.41, 5.74) is 0.276. The van der Waals surface area contributed by atoms with Crippen molar-refractivity contribution >= 4 is 23.9 Å². The van der Waals surface area contributed by atoms with Crippen LogP contribution in [0.15, 0.2) is 94.1 Å². The van der Waals surface area contributed by atoms with E-state index in [4.69, 9.17) is 32.8 Å². The zero-order valence-electron chi connectivity index (χ0n) is 27.2. The lowest BCUT2D eigenvalue weighted by molar-refractivity contribution is -0.184. The maximum Gasteiger partial charge on any atom is 0.338 e. The molecule has 0 fully saturated rings. The number of methoxy groups -OCH3 is 2. The molecule has 0 bridgehead atoms. The summed E-state index contributed by atoms with van der Waals surface area (Å²) in [5.74, 6) is -2.48. The van der Waals surface area contributed by atoms with Crippen LogP contribution in [0.25, 0.3) is 0 Å². The molecule has 4 aromatic rings. The minimum atomic E-state index is -1.67. The second-order valence-electron chi connectivity index (χ2n) is 11.1. The Labute approximate surface area is 281 Å². The molecule has 0 saturated heterocycles. The maximum atomic E-state index is 13.8. The summed E-state index contributed by atoms with van der Waals surface area (Å²) in [4.78, 5) is 66.0. The van der Waals surface area contributed by atoms with Crippen LogP contribution in [-0.4, -0.2) is 50.3 Å². The van der Waals surface area contributed by atoms with Crippen LogP contribution >= 0.6 is 0 Å². The van der Waals surface area contributed by atoms with Gasteiger partial charge in [-0.3, -0.25) is 14.4 Å². The van der Waals surface area contributed by atoms with Gasteiger partial charge in [0.05, 0.1) is 30.9 Å². The number of fused-ring (bicyclic) bond motifs is 1. The van der Waals surface area contributed by atoms with Crippen LogP contribution in [0.4, 0.5) is 0 Å². The monoisotopic (exact) mass is 670 g/mol. The van der Waals surface area contributed by atoms with E-state index in [9.17, 15) is 24.0 Å². The molecule has 1 aromatic heterocycles. The molecule has 3 aromatic carbocycles.